The van der Waals surface area contributed by atoms with E-state index in [0.717, 1.165) is 41.0 Å². The van der Waals surface area contributed by atoms with Crippen LogP contribution in [0, 0.1) is 4.77 Å². The number of fused-ring (bicyclic) bond motifs is 1. The standard InChI is InChI=1S/C15H24N4S2/c1-4-7-11-12-13(18(2)17-11)19(14(20)16-12)10-15(21-3)8-5-6-9-15/h4-10H2,1-3H3,(H,16,20). The topological polar surface area (TPSA) is 38.5 Å². The molecule has 0 aromatic carbocycles. The normalized spacial score (nSPS) is 17.9. The maximum atomic E-state index is 5.60. The SMILES string of the molecule is CCCc1nn(C)c2c1[nH]c(=S)n2CC1(SC)CCCC1. The van der Waals surface area contributed by atoms with Crippen LogP contribution in [0.4, 0.5) is 0 Å². The zero-order valence-electron chi connectivity index (χ0n) is 13.1. The van der Waals surface area contributed by atoms with Gasteiger partial charge in [0.2, 0.25) is 0 Å². The Morgan fingerprint density at radius 3 is 2.71 bits per heavy atom. The lowest BCUT2D eigenvalue weighted by atomic mass is 10.1. The summed E-state index contributed by atoms with van der Waals surface area (Å²) in [5.41, 5.74) is 3.44. The maximum absolute atomic E-state index is 5.60. The number of thioether (sulfide) groups is 1. The number of aromatic amines is 1. The molecule has 116 valence electrons. The lowest BCUT2D eigenvalue weighted by Crippen LogP contribution is -2.27. The molecule has 1 fully saturated rings. The number of imidazole rings is 1. The van der Waals surface area contributed by atoms with Gasteiger partial charge in [0, 0.05) is 18.3 Å². The van der Waals surface area contributed by atoms with Crippen LogP contribution in [0.3, 0.4) is 0 Å². The number of rotatable bonds is 5. The summed E-state index contributed by atoms with van der Waals surface area (Å²) in [5, 5.41) is 4.68. The van der Waals surface area contributed by atoms with Crippen molar-refractivity contribution in [2.45, 2.75) is 56.7 Å². The van der Waals surface area contributed by atoms with Gasteiger partial charge >= 0.3 is 0 Å². The smallest absolute Gasteiger partial charge is 0.179 e. The van der Waals surface area contributed by atoms with E-state index < -0.39 is 0 Å². The summed E-state index contributed by atoms with van der Waals surface area (Å²) < 4.78 is 5.47. The molecule has 6 heteroatoms. The van der Waals surface area contributed by atoms with E-state index in [1.807, 2.05) is 23.5 Å². The summed E-state index contributed by atoms with van der Waals surface area (Å²) in [6, 6.07) is 0. The highest BCUT2D eigenvalue weighted by Crippen LogP contribution is 2.42. The van der Waals surface area contributed by atoms with Gasteiger partial charge < -0.3 is 9.55 Å². The molecule has 4 nitrogen and oxygen atoms in total. The number of H-pyrrole nitrogens is 1. The number of nitrogens with zero attached hydrogens (tertiary/aromatic N) is 3. The van der Waals surface area contributed by atoms with Crippen molar-refractivity contribution in [3.8, 4) is 0 Å². The molecule has 0 atom stereocenters. The van der Waals surface area contributed by atoms with Gasteiger partial charge in [-0.2, -0.15) is 16.9 Å². The van der Waals surface area contributed by atoms with E-state index in [1.54, 1.807) is 0 Å². The molecule has 2 aromatic rings. The van der Waals surface area contributed by atoms with E-state index in [9.17, 15) is 0 Å². The number of hydrogen-bond donors (Lipinski definition) is 1. The molecule has 21 heavy (non-hydrogen) atoms. The monoisotopic (exact) mass is 324 g/mol. The molecule has 0 bridgehead atoms. The summed E-state index contributed by atoms with van der Waals surface area (Å²) >= 11 is 7.61. The highest BCUT2D eigenvalue weighted by molar-refractivity contribution is 8.00. The Kier molecular flexibility index (Phi) is 4.19. The first-order valence-electron chi connectivity index (χ1n) is 7.80. The third-order valence-electron chi connectivity index (χ3n) is 4.70. The summed E-state index contributed by atoms with van der Waals surface area (Å²) in [5.74, 6) is 0. The average Bonchev–Trinajstić information content (AvgIpc) is 3.12. The van der Waals surface area contributed by atoms with Crippen molar-refractivity contribution in [2.75, 3.05) is 6.26 Å². The number of aromatic nitrogens is 4. The second kappa shape index (κ2) is 5.80. The third-order valence-corrected chi connectivity index (χ3v) is 6.43. The lowest BCUT2D eigenvalue weighted by Gasteiger charge is -2.27. The highest BCUT2D eigenvalue weighted by atomic mass is 32.2. The Morgan fingerprint density at radius 2 is 2.10 bits per heavy atom. The van der Waals surface area contributed by atoms with Crippen LogP contribution in [0.15, 0.2) is 0 Å². The van der Waals surface area contributed by atoms with Crippen LogP contribution in [0.25, 0.3) is 11.2 Å². The predicted octanol–water partition coefficient (Wildman–Crippen LogP) is 4.06. The van der Waals surface area contributed by atoms with Gasteiger partial charge in [-0.25, -0.2) is 0 Å². The second-order valence-corrected chi connectivity index (χ2v) is 7.79. The molecule has 0 radical (unpaired) electrons. The van der Waals surface area contributed by atoms with Crippen molar-refractivity contribution in [3.63, 3.8) is 0 Å². The van der Waals surface area contributed by atoms with Crippen molar-refractivity contribution >= 4 is 35.1 Å². The molecule has 1 aliphatic carbocycles. The Hall–Kier alpha value is -0.750. The van der Waals surface area contributed by atoms with Crippen molar-refractivity contribution in [2.24, 2.45) is 7.05 Å². The minimum atomic E-state index is 0.350. The molecule has 0 amide bonds. The fourth-order valence-corrected chi connectivity index (χ4v) is 4.78. The Balaban J connectivity index is 2.06. The van der Waals surface area contributed by atoms with E-state index in [4.69, 9.17) is 12.2 Å². The second-order valence-electron chi connectivity index (χ2n) is 6.13. The summed E-state index contributed by atoms with van der Waals surface area (Å²) in [7, 11) is 2.03. The molecule has 3 rings (SSSR count). The van der Waals surface area contributed by atoms with Gasteiger partial charge in [-0.3, -0.25) is 4.68 Å². The van der Waals surface area contributed by atoms with Crippen LogP contribution in [-0.2, 0) is 20.0 Å². The van der Waals surface area contributed by atoms with Crippen LogP contribution < -0.4 is 0 Å². The molecule has 1 saturated carbocycles. The quantitative estimate of drug-likeness (QED) is 0.843. The van der Waals surface area contributed by atoms with Crippen molar-refractivity contribution in [1.82, 2.24) is 19.3 Å². The Bertz CT molecular complexity index is 688. The third kappa shape index (κ3) is 2.57. The van der Waals surface area contributed by atoms with Gasteiger partial charge in [0.1, 0.15) is 5.52 Å². The van der Waals surface area contributed by atoms with E-state index in [2.05, 4.69) is 27.8 Å². The van der Waals surface area contributed by atoms with Crippen LogP contribution in [0.2, 0.25) is 0 Å². The number of aryl methyl sites for hydroxylation is 2. The molecule has 1 aliphatic rings. The zero-order valence-corrected chi connectivity index (χ0v) is 14.7. The van der Waals surface area contributed by atoms with Gasteiger partial charge in [-0.15, -0.1) is 0 Å². The molecular weight excluding hydrogens is 300 g/mol. The van der Waals surface area contributed by atoms with Crippen molar-refractivity contribution in [3.05, 3.63) is 10.5 Å². The largest absolute Gasteiger partial charge is 0.328 e. The van der Waals surface area contributed by atoms with Gasteiger partial charge in [0.25, 0.3) is 0 Å². The molecule has 0 spiro atoms. The molecular formula is C15H24N4S2. The molecule has 1 N–H and O–H groups in total. The van der Waals surface area contributed by atoms with E-state index >= 15 is 0 Å². The molecule has 2 aromatic heterocycles. The van der Waals surface area contributed by atoms with Crippen LogP contribution in [0.5, 0.6) is 0 Å². The fourth-order valence-electron chi connectivity index (χ4n) is 3.57. The van der Waals surface area contributed by atoms with Crippen molar-refractivity contribution in [1.29, 1.82) is 0 Å². The first-order valence-corrected chi connectivity index (χ1v) is 9.43. The maximum Gasteiger partial charge on any atom is 0.179 e. The predicted molar refractivity (Wildman–Crippen MR) is 92.6 cm³/mol. The Morgan fingerprint density at radius 1 is 1.38 bits per heavy atom. The fraction of sp³-hybridized carbons (Fsp3) is 0.733. The van der Waals surface area contributed by atoms with Gasteiger partial charge in [0.05, 0.1) is 5.69 Å². The minimum Gasteiger partial charge on any atom is -0.328 e. The number of nitrogens with one attached hydrogen (secondary N) is 1. The number of hydrogen-bond acceptors (Lipinski definition) is 3. The minimum absolute atomic E-state index is 0.350. The zero-order chi connectivity index (χ0) is 15.0. The first-order chi connectivity index (χ1) is 10.1. The molecule has 0 saturated heterocycles. The van der Waals surface area contributed by atoms with Gasteiger partial charge in [0.15, 0.2) is 10.4 Å². The van der Waals surface area contributed by atoms with Crippen LogP contribution in [-0.4, -0.2) is 30.3 Å². The van der Waals surface area contributed by atoms with E-state index in [0.29, 0.717) is 4.75 Å². The molecule has 0 aliphatic heterocycles. The van der Waals surface area contributed by atoms with E-state index in [-0.39, 0.29) is 0 Å². The van der Waals surface area contributed by atoms with Gasteiger partial charge in [-0.1, -0.05) is 26.2 Å². The average molecular weight is 325 g/mol. The summed E-state index contributed by atoms with van der Waals surface area (Å²) in [4.78, 5) is 3.40. The first kappa shape index (κ1) is 15.2. The molecule has 2 heterocycles. The summed E-state index contributed by atoms with van der Waals surface area (Å²) in [6.07, 6.45) is 9.62. The highest BCUT2D eigenvalue weighted by Gasteiger charge is 2.34. The van der Waals surface area contributed by atoms with E-state index in [1.165, 1.54) is 25.7 Å². The Labute approximate surface area is 135 Å². The van der Waals surface area contributed by atoms with Gasteiger partial charge in [-0.05, 0) is 37.7 Å². The van der Waals surface area contributed by atoms with Crippen LogP contribution in [0.1, 0.15) is 44.7 Å². The lowest BCUT2D eigenvalue weighted by molar-refractivity contribution is 0.503. The molecule has 0 unspecified atom stereocenters. The summed E-state index contributed by atoms with van der Waals surface area (Å²) in [6.45, 7) is 3.19. The van der Waals surface area contributed by atoms with Crippen LogP contribution >= 0.6 is 24.0 Å². The van der Waals surface area contributed by atoms with Crippen molar-refractivity contribution < 1.29 is 0 Å².